The normalized spacial score (nSPS) is 10.8. The zero-order valence-electron chi connectivity index (χ0n) is 25.6. The van der Waals surface area contributed by atoms with Crippen molar-refractivity contribution in [3.8, 4) is 23.0 Å². The van der Waals surface area contributed by atoms with Gasteiger partial charge in [-0.2, -0.15) is 10.2 Å². The van der Waals surface area contributed by atoms with Crippen LogP contribution in [0.25, 0.3) is 0 Å². The van der Waals surface area contributed by atoms with Gasteiger partial charge in [0.15, 0.2) is 23.0 Å². The first-order valence-electron chi connectivity index (χ1n) is 14.1. The predicted octanol–water partition coefficient (Wildman–Crippen LogP) is 5.83. The van der Waals surface area contributed by atoms with Crippen LogP contribution >= 0.6 is 23.2 Å². The van der Waals surface area contributed by atoms with Crippen LogP contribution in [0.2, 0.25) is 10.0 Å². The summed E-state index contributed by atoms with van der Waals surface area (Å²) in [5, 5.41) is 8.78. The van der Waals surface area contributed by atoms with Gasteiger partial charge in [-0.25, -0.2) is 20.4 Å². The molecule has 0 spiro atoms. The van der Waals surface area contributed by atoms with Crippen LogP contribution in [0.4, 0.5) is 0 Å². The Morgan fingerprint density at radius 1 is 0.583 bits per heavy atom. The number of hydrogen-bond donors (Lipinski definition) is 2. The number of hydrazone groups is 2. The average Bonchev–Trinajstić information content (AvgIpc) is 3.09. The van der Waals surface area contributed by atoms with E-state index in [0.29, 0.717) is 32.3 Å². The summed E-state index contributed by atoms with van der Waals surface area (Å²) in [6, 6.07) is 21.9. The van der Waals surface area contributed by atoms with Crippen molar-refractivity contribution >= 4 is 59.4 Å². The van der Waals surface area contributed by atoms with E-state index in [1.165, 1.54) is 38.8 Å². The van der Waals surface area contributed by atoms with E-state index in [2.05, 4.69) is 21.1 Å². The number of hydrogen-bond acceptors (Lipinski definition) is 10. The maximum atomic E-state index is 12.4. The number of halogens is 2. The maximum Gasteiger partial charge on any atom is 0.343 e. The Kier molecular flexibility index (Phi) is 12.6. The molecular weight excluding hydrogens is 663 g/mol. The zero-order chi connectivity index (χ0) is 34.5. The highest BCUT2D eigenvalue weighted by Gasteiger charge is 2.14. The molecule has 14 heteroatoms. The standard InChI is InChI=1S/C34H28Cl2N4O8/c1-45-29-17-21(3-13-27(29)47-33(43)23-5-9-25(35)10-6-23)19-37-39-31(41)15-16-32(42)40-38-20-22-4-14-28(30(18-22)46-2)48-34(44)24-7-11-26(36)12-8-24/h3-14,17-20H,15-16H2,1-2H3,(H,39,41)(H,40,42). The second-order valence-electron chi connectivity index (χ2n) is 9.70. The second kappa shape index (κ2) is 17.3. The highest BCUT2D eigenvalue weighted by Crippen LogP contribution is 2.29. The van der Waals surface area contributed by atoms with Crippen LogP contribution in [0.3, 0.4) is 0 Å². The summed E-state index contributed by atoms with van der Waals surface area (Å²) in [6.45, 7) is 0. The number of esters is 2. The van der Waals surface area contributed by atoms with Gasteiger partial charge in [-0.15, -0.1) is 0 Å². The molecule has 0 bridgehead atoms. The minimum Gasteiger partial charge on any atom is -0.493 e. The Labute approximate surface area is 285 Å². The SMILES string of the molecule is COc1cc(C=NNC(=O)CCC(=O)NN=Cc2ccc(OC(=O)c3ccc(Cl)cc3)c(OC)c2)ccc1OC(=O)c1ccc(Cl)cc1. The molecule has 48 heavy (non-hydrogen) atoms. The first kappa shape index (κ1) is 35.1. The molecule has 2 N–H and O–H groups in total. The van der Waals surface area contributed by atoms with Crippen LogP contribution < -0.4 is 29.8 Å². The lowest BCUT2D eigenvalue weighted by Gasteiger charge is -2.10. The van der Waals surface area contributed by atoms with Crippen molar-refractivity contribution in [2.24, 2.45) is 10.2 Å². The Balaban J connectivity index is 1.21. The molecule has 0 radical (unpaired) electrons. The number of ether oxygens (including phenoxy) is 4. The molecule has 0 fully saturated rings. The summed E-state index contributed by atoms with van der Waals surface area (Å²) < 4.78 is 21.5. The molecule has 0 heterocycles. The number of benzene rings is 4. The summed E-state index contributed by atoms with van der Waals surface area (Å²) in [7, 11) is 2.84. The maximum absolute atomic E-state index is 12.4. The lowest BCUT2D eigenvalue weighted by atomic mass is 10.2. The molecule has 0 unspecified atom stereocenters. The third-order valence-electron chi connectivity index (χ3n) is 6.33. The van der Waals surface area contributed by atoms with Crippen molar-refractivity contribution in [3.05, 3.63) is 117 Å². The number of rotatable bonds is 13. The van der Waals surface area contributed by atoms with Crippen molar-refractivity contribution < 1.29 is 38.1 Å². The van der Waals surface area contributed by atoms with Gasteiger partial charge in [0.2, 0.25) is 11.8 Å². The van der Waals surface area contributed by atoms with Crippen LogP contribution in [0.5, 0.6) is 23.0 Å². The predicted molar refractivity (Wildman–Crippen MR) is 180 cm³/mol. The van der Waals surface area contributed by atoms with E-state index in [0.717, 1.165) is 0 Å². The highest BCUT2D eigenvalue weighted by atomic mass is 35.5. The van der Waals surface area contributed by atoms with Crippen LogP contribution in [-0.4, -0.2) is 50.4 Å². The van der Waals surface area contributed by atoms with Gasteiger partial charge in [0.05, 0.1) is 37.8 Å². The summed E-state index contributed by atoms with van der Waals surface area (Å²) in [6.07, 6.45) is 2.44. The molecule has 4 aromatic carbocycles. The summed E-state index contributed by atoms with van der Waals surface area (Å²) in [4.78, 5) is 49.2. The van der Waals surface area contributed by atoms with Gasteiger partial charge < -0.3 is 18.9 Å². The molecular formula is C34H28Cl2N4O8. The van der Waals surface area contributed by atoms with E-state index in [1.54, 1.807) is 72.8 Å². The van der Waals surface area contributed by atoms with Crippen molar-refractivity contribution in [2.75, 3.05) is 14.2 Å². The molecule has 246 valence electrons. The molecule has 0 aliphatic rings. The van der Waals surface area contributed by atoms with Gasteiger partial charge in [-0.3, -0.25) is 9.59 Å². The van der Waals surface area contributed by atoms with Gasteiger partial charge in [0, 0.05) is 22.9 Å². The van der Waals surface area contributed by atoms with Gasteiger partial charge in [0.1, 0.15) is 0 Å². The summed E-state index contributed by atoms with van der Waals surface area (Å²) in [5.41, 5.74) is 6.42. The van der Waals surface area contributed by atoms with Crippen molar-refractivity contribution in [3.63, 3.8) is 0 Å². The van der Waals surface area contributed by atoms with E-state index in [9.17, 15) is 19.2 Å². The number of amides is 2. The Hall–Kier alpha value is -5.72. The van der Waals surface area contributed by atoms with Gasteiger partial charge in [-0.05, 0) is 96.1 Å². The average molecular weight is 692 g/mol. The second-order valence-corrected chi connectivity index (χ2v) is 10.6. The molecule has 0 atom stereocenters. The van der Waals surface area contributed by atoms with Crippen LogP contribution in [0, 0.1) is 0 Å². The fraction of sp³-hybridized carbons (Fsp3) is 0.118. The quantitative estimate of drug-likeness (QED) is 0.0769. The molecule has 4 rings (SSSR count). The van der Waals surface area contributed by atoms with Gasteiger partial charge in [-0.1, -0.05) is 23.2 Å². The minimum absolute atomic E-state index is 0.150. The molecule has 2 amide bonds. The van der Waals surface area contributed by atoms with Crippen LogP contribution in [0.15, 0.2) is 95.1 Å². The Bertz CT molecular complexity index is 1710. The first-order chi connectivity index (χ1) is 23.1. The molecule has 0 saturated heterocycles. The molecule has 4 aromatic rings. The Morgan fingerprint density at radius 2 is 0.958 bits per heavy atom. The van der Waals surface area contributed by atoms with Gasteiger partial charge in [0.25, 0.3) is 0 Å². The lowest BCUT2D eigenvalue weighted by molar-refractivity contribution is -0.126. The third-order valence-corrected chi connectivity index (χ3v) is 6.83. The van der Waals surface area contributed by atoms with E-state index in [4.69, 9.17) is 42.1 Å². The van der Waals surface area contributed by atoms with Crippen LogP contribution in [0.1, 0.15) is 44.7 Å². The van der Waals surface area contributed by atoms with Crippen molar-refractivity contribution in [1.29, 1.82) is 0 Å². The van der Waals surface area contributed by atoms with Gasteiger partial charge >= 0.3 is 11.9 Å². The number of nitrogens with zero attached hydrogens (tertiary/aromatic N) is 2. The Morgan fingerprint density at radius 3 is 1.31 bits per heavy atom. The molecule has 12 nitrogen and oxygen atoms in total. The fourth-order valence-electron chi connectivity index (χ4n) is 3.88. The third kappa shape index (κ3) is 10.4. The number of carbonyl (C=O) groups excluding carboxylic acids is 4. The largest absolute Gasteiger partial charge is 0.493 e. The summed E-state index contributed by atoms with van der Waals surface area (Å²) >= 11 is 11.7. The molecule has 0 aliphatic heterocycles. The van der Waals surface area contributed by atoms with E-state index in [-0.39, 0.29) is 35.8 Å². The number of methoxy groups -OCH3 is 2. The minimum atomic E-state index is -0.585. The topological polar surface area (TPSA) is 154 Å². The lowest BCUT2D eigenvalue weighted by Crippen LogP contribution is -2.22. The number of nitrogens with one attached hydrogen (secondary N) is 2. The zero-order valence-corrected chi connectivity index (χ0v) is 27.1. The monoisotopic (exact) mass is 690 g/mol. The fourth-order valence-corrected chi connectivity index (χ4v) is 4.14. The molecule has 0 saturated carbocycles. The van der Waals surface area contributed by atoms with Crippen molar-refractivity contribution in [2.45, 2.75) is 12.8 Å². The van der Waals surface area contributed by atoms with E-state index < -0.39 is 23.8 Å². The first-order valence-corrected chi connectivity index (χ1v) is 14.9. The molecule has 0 aliphatic carbocycles. The van der Waals surface area contributed by atoms with E-state index >= 15 is 0 Å². The smallest absolute Gasteiger partial charge is 0.343 e. The highest BCUT2D eigenvalue weighted by molar-refractivity contribution is 6.31. The molecule has 0 aromatic heterocycles. The van der Waals surface area contributed by atoms with Crippen molar-refractivity contribution in [1.82, 2.24) is 10.9 Å². The number of carbonyl (C=O) groups is 4. The van der Waals surface area contributed by atoms with E-state index in [1.807, 2.05) is 0 Å². The van der Waals surface area contributed by atoms with Crippen LogP contribution in [-0.2, 0) is 9.59 Å². The summed E-state index contributed by atoms with van der Waals surface area (Å²) in [5.74, 6) is -1.23.